The van der Waals surface area contributed by atoms with E-state index >= 15 is 0 Å². The fourth-order valence-electron chi connectivity index (χ4n) is 5.02. The van der Waals surface area contributed by atoms with Gasteiger partial charge >= 0.3 is 33.4 Å². The third kappa shape index (κ3) is 6.24. The fourth-order valence-corrected chi connectivity index (χ4v) is 5.95. The second-order valence-electron chi connectivity index (χ2n) is 11.0. The molecule has 0 fully saturated rings. The molecule has 51 heavy (non-hydrogen) atoms. The maximum atomic E-state index is 14.4. The second kappa shape index (κ2) is 12.7. The Balaban J connectivity index is 1.36. The van der Waals surface area contributed by atoms with Gasteiger partial charge in [-0.3, -0.25) is 0 Å². The summed E-state index contributed by atoms with van der Waals surface area (Å²) in [5, 5.41) is -7.14. The van der Waals surface area contributed by atoms with Crippen molar-refractivity contribution < 1.29 is 52.1 Å². The van der Waals surface area contributed by atoms with Crippen molar-refractivity contribution in [2.75, 3.05) is 0 Å². The van der Waals surface area contributed by atoms with Crippen LogP contribution in [0, 0.1) is 0 Å². The average molecular weight is 734 g/mol. The van der Waals surface area contributed by atoms with Crippen molar-refractivity contribution in [3.63, 3.8) is 0 Å². The van der Waals surface area contributed by atoms with E-state index < -0.39 is 39.1 Å². The van der Waals surface area contributed by atoms with Crippen LogP contribution in [0.1, 0.15) is 0 Å². The van der Waals surface area contributed by atoms with Gasteiger partial charge in [0.15, 0.2) is 23.2 Å². The van der Waals surface area contributed by atoms with Gasteiger partial charge in [0.2, 0.25) is 0 Å². The molecule has 262 valence electrons. The van der Waals surface area contributed by atoms with E-state index in [0.717, 1.165) is 23.3 Å². The Hall–Kier alpha value is -5.51. The largest absolute Gasteiger partial charge is 0.460 e. The van der Waals surface area contributed by atoms with Crippen molar-refractivity contribution in [2.45, 2.75) is 23.3 Å². The Kier molecular flexibility index (Phi) is 8.78. The minimum Gasteiger partial charge on any atom is -0.377 e. The first-order chi connectivity index (χ1) is 23.9. The van der Waals surface area contributed by atoms with Crippen molar-refractivity contribution in [1.82, 2.24) is 15.0 Å². The van der Waals surface area contributed by atoms with E-state index in [1.54, 1.807) is 24.3 Å². The quantitative estimate of drug-likeness (QED) is 0.109. The van der Waals surface area contributed by atoms with Crippen molar-refractivity contribution in [3.05, 3.63) is 121 Å². The summed E-state index contributed by atoms with van der Waals surface area (Å²) in [5.41, 5.74) is 2.87. The molecule has 0 aliphatic heterocycles. The van der Waals surface area contributed by atoms with Crippen molar-refractivity contribution in [1.29, 1.82) is 0 Å². The smallest absolute Gasteiger partial charge is 0.377 e. The molecule has 0 unspecified atom stereocenters. The Bertz CT molecular complexity index is 2270. The highest BCUT2D eigenvalue weighted by molar-refractivity contribution is 7.88. The highest BCUT2D eigenvalue weighted by Gasteiger charge is 2.86. The molecule has 0 aliphatic carbocycles. The van der Waals surface area contributed by atoms with Gasteiger partial charge in [-0.1, -0.05) is 109 Å². The molecule has 6 aromatic rings. The first-order valence-corrected chi connectivity index (χ1v) is 16.0. The maximum Gasteiger partial charge on any atom is 0.460 e. The molecule has 0 bridgehead atoms. The number of alkyl halides is 9. The highest BCUT2D eigenvalue weighted by Crippen LogP contribution is 2.55. The zero-order valence-electron chi connectivity index (χ0n) is 25.4. The Morgan fingerprint density at radius 3 is 1.33 bits per heavy atom. The van der Waals surface area contributed by atoms with E-state index in [0.29, 0.717) is 34.2 Å². The normalized spacial score (nSPS) is 13.0. The zero-order valence-corrected chi connectivity index (χ0v) is 26.2. The standard InChI is InChI=1S/C35H20F9N3O3S/c36-32(37,34(40,41)42)33(38,39)35(43,44)51(48,49)50-28-20-19-25(26-13-7-8-14-27(26)28)21-15-17-24(18-16-21)31-46-29(22-9-3-1-4-10-22)45-30(47-31)23-11-5-2-6-12-23/h1-20H. The number of fused-ring (bicyclic) bond motifs is 1. The first kappa shape index (κ1) is 35.3. The van der Waals surface area contributed by atoms with Crippen LogP contribution >= 0.6 is 0 Å². The molecule has 0 aliphatic rings. The summed E-state index contributed by atoms with van der Waals surface area (Å²) in [6.07, 6.45) is -7.21. The van der Waals surface area contributed by atoms with Crippen LogP contribution < -0.4 is 4.18 Å². The number of halogens is 9. The van der Waals surface area contributed by atoms with Crippen molar-refractivity contribution in [2.24, 2.45) is 0 Å². The molecule has 1 aromatic heterocycles. The average Bonchev–Trinajstić information content (AvgIpc) is 3.11. The first-order valence-electron chi connectivity index (χ1n) is 14.6. The number of hydrogen-bond donors (Lipinski definition) is 0. The lowest BCUT2D eigenvalue weighted by molar-refractivity contribution is -0.382. The monoisotopic (exact) mass is 733 g/mol. The second-order valence-corrected chi connectivity index (χ2v) is 12.6. The molecule has 0 saturated heterocycles. The number of benzene rings is 5. The van der Waals surface area contributed by atoms with Crippen LogP contribution in [-0.2, 0) is 10.1 Å². The Morgan fingerprint density at radius 2 is 0.863 bits per heavy atom. The zero-order chi connectivity index (χ0) is 36.8. The van der Waals surface area contributed by atoms with Gasteiger partial charge in [-0.2, -0.15) is 47.9 Å². The summed E-state index contributed by atoms with van der Waals surface area (Å²) in [7, 11) is -7.15. The molecule has 0 saturated carbocycles. The van der Waals surface area contributed by atoms with Crippen molar-refractivity contribution in [3.8, 4) is 51.0 Å². The fraction of sp³-hybridized carbons (Fsp3) is 0.114. The summed E-state index contributed by atoms with van der Waals surface area (Å²) in [6, 6.07) is 32.2. The molecular weight excluding hydrogens is 713 g/mol. The van der Waals surface area contributed by atoms with Crippen LogP contribution in [0.5, 0.6) is 5.75 Å². The van der Waals surface area contributed by atoms with Gasteiger partial charge in [0.25, 0.3) is 0 Å². The minimum atomic E-state index is -7.43. The summed E-state index contributed by atoms with van der Waals surface area (Å²) in [4.78, 5) is 13.9. The van der Waals surface area contributed by atoms with E-state index in [9.17, 15) is 47.9 Å². The van der Waals surface area contributed by atoms with Crippen LogP contribution in [-0.4, -0.2) is 46.6 Å². The summed E-state index contributed by atoms with van der Waals surface area (Å²) in [6.45, 7) is 0. The predicted molar refractivity (Wildman–Crippen MR) is 170 cm³/mol. The molecule has 0 N–H and O–H groups in total. The van der Waals surface area contributed by atoms with E-state index in [1.165, 1.54) is 24.3 Å². The van der Waals surface area contributed by atoms with Crippen LogP contribution in [0.4, 0.5) is 39.5 Å². The van der Waals surface area contributed by atoms with Gasteiger partial charge in [0, 0.05) is 22.1 Å². The third-order valence-corrected chi connectivity index (χ3v) is 8.95. The molecule has 1 heterocycles. The van der Waals surface area contributed by atoms with Crippen LogP contribution in [0.3, 0.4) is 0 Å². The minimum absolute atomic E-state index is 0.131. The van der Waals surface area contributed by atoms with Crippen LogP contribution in [0.15, 0.2) is 121 Å². The maximum absolute atomic E-state index is 14.4. The molecule has 0 amide bonds. The van der Waals surface area contributed by atoms with Gasteiger partial charge < -0.3 is 4.18 Å². The molecule has 5 aromatic carbocycles. The van der Waals surface area contributed by atoms with Crippen LogP contribution in [0.2, 0.25) is 0 Å². The van der Waals surface area contributed by atoms with E-state index in [-0.39, 0.29) is 10.8 Å². The van der Waals surface area contributed by atoms with Gasteiger partial charge in [0.1, 0.15) is 0 Å². The van der Waals surface area contributed by atoms with E-state index in [1.807, 2.05) is 60.7 Å². The van der Waals surface area contributed by atoms with E-state index in [2.05, 4.69) is 19.1 Å². The third-order valence-electron chi connectivity index (χ3n) is 7.67. The molecule has 0 spiro atoms. The number of nitrogens with zero attached hydrogens (tertiary/aromatic N) is 3. The van der Waals surface area contributed by atoms with Gasteiger partial charge in [-0.05, 0) is 28.6 Å². The summed E-state index contributed by atoms with van der Waals surface area (Å²) in [5.74, 6) is -14.7. The molecule has 0 radical (unpaired) electrons. The Labute approximate surface area is 283 Å². The van der Waals surface area contributed by atoms with Crippen molar-refractivity contribution >= 4 is 20.9 Å². The number of hydrogen-bond acceptors (Lipinski definition) is 6. The van der Waals surface area contributed by atoms with Gasteiger partial charge in [0.05, 0.1) is 0 Å². The molecule has 6 rings (SSSR count). The molecule has 6 nitrogen and oxygen atoms in total. The molecular formula is C35H20F9N3O3S. The molecule has 16 heteroatoms. The highest BCUT2D eigenvalue weighted by atomic mass is 32.2. The SMILES string of the molecule is O=S(=O)(Oc1ccc(-c2ccc(-c3nc(-c4ccccc4)nc(-c4ccccc4)n3)cc2)c2ccccc12)C(F)(F)C(F)(F)C(F)(F)C(F)(F)F. The Morgan fingerprint density at radius 1 is 0.451 bits per heavy atom. The van der Waals surface area contributed by atoms with E-state index in [4.69, 9.17) is 0 Å². The lowest BCUT2D eigenvalue weighted by atomic mass is 9.97. The summed E-state index contributed by atoms with van der Waals surface area (Å²) < 4.78 is 150. The lowest BCUT2D eigenvalue weighted by Crippen LogP contribution is -2.63. The lowest BCUT2D eigenvalue weighted by Gasteiger charge is -2.32. The van der Waals surface area contributed by atoms with Gasteiger partial charge in [-0.15, -0.1) is 0 Å². The number of rotatable bonds is 9. The number of aromatic nitrogens is 3. The topological polar surface area (TPSA) is 82.0 Å². The van der Waals surface area contributed by atoms with Gasteiger partial charge in [-0.25, -0.2) is 15.0 Å². The predicted octanol–water partition coefficient (Wildman–Crippen LogP) is 9.83. The van der Waals surface area contributed by atoms with Crippen LogP contribution in [0.25, 0.3) is 56.1 Å². The molecule has 0 atom stereocenters. The summed E-state index contributed by atoms with van der Waals surface area (Å²) >= 11 is 0.